The van der Waals surface area contributed by atoms with Crippen LogP contribution in [0, 0.1) is 0 Å². The van der Waals surface area contributed by atoms with Crippen molar-refractivity contribution in [3.8, 4) is 5.88 Å². The molecule has 8 heteroatoms. The Morgan fingerprint density at radius 1 is 1.42 bits per heavy atom. The van der Waals surface area contributed by atoms with Gasteiger partial charge in [-0.2, -0.15) is 13.2 Å². The van der Waals surface area contributed by atoms with Crippen molar-refractivity contribution in [1.82, 2.24) is 10.3 Å². The van der Waals surface area contributed by atoms with Gasteiger partial charge in [-0.1, -0.05) is 0 Å². The molecule has 0 bridgehead atoms. The van der Waals surface area contributed by atoms with Crippen molar-refractivity contribution >= 4 is 5.97 Å². The Morgan fingerprint density at radius 3 is 2.53 bits per heavy atom. The van der Waals surface area contributed by atoms with Crippen LogP contribution in [-0.2, 0) is 9.53 Å². The zero-order chi connectivity index (χ0) is 14.5. The molecule has 0 aliphatic heterocycles. The number of nitrogens with zero attached hydrogens (tertiary/aromatic N) is 1. The number of methoxy groups -OCH3 is 2. The second-order valence-electron chi connectivity index (χ2n) is 3.59. The number of aromatic nitrogens is 1. The van der Waals surface area contributed by atoms with Crippen molar-refractivity contribution in [2.45, 2.75) is 12.2 Å². The van der Waals surface area contributed by atoms with Gasteiger partial charge in [-0.25, -0.2) is 9.78 Å². The third kappa shape index (κ3) is 4.74. The lowest BCUT2D eigenvalue weighted by molar-refractivity contribution is -0.146. The van der Waals surface area contributed by atoms with Gasteiger partial charge in [0.15, 0.2) is 0 Å². The van der Waals surface area contributed by atoms with Crippen molar-refractivity contribution < 1.29 is 27.4 Å². The summed E-state index contributed by atoms with van der Waals surface area (Å²) in [6.07, 6.45) is -3.17. The maximum atomic E-state index is 12.2. The van der Waals surface area contributed by atoms with Crippen LogP contribution in [0.1, 0.15) is 11.6 Å². The van der Waals surface area contributed by atoms with Crippen LogP contribution in [0.15, 0.2) is 18.3 Å². The average Bonchev–Trinajstić information content (AvgIpc) is 2.38. The van der Waals surface area contributed by atoms with Crippen LogP contribution in [0.4, 0.5) is 13.2 Å². The third-order valence-electron chi connectivity index (χ3n) is 2.25. The fourth-order valence-electron chi connectivity index (χ4n) is 1.36. The third-order valence-corrected chi connectivity index (χ3v) is 2.25. The van der Waals surface area contributed by atoms with E-state index in [1.54, 1.807) is 0 Å². The van der Waals surface area contributed by atoms with Crippen LogP contribution in [0.25, 0.3) is 0 Å². The van der Waals surface area contributed by atoms with Crippen LogP contribution in [0.2, 0.25) is 0 Å². The van der Waals surface area contributed by atoms with Gasteiger partial charge in [0, 0.05) is 12.3 Å². The normalized spacial score (nSPS) is 12.9. The van der Waals surface area contributed by atoms with Crippen molar-refractivity contribution in [3.63, 3.8) is 0 Å². The summed E-state index contributed by atoms with van der Waals surface area (Å²) in [7, 11) is 2.50. The van der Waals surface area contributed by atoms with Gasteiger partial charge >= 0.3 is 12.1 Å². The van der Waals surface area contributed by atoms with E-state index in [2.05, 4.69) is 15.0 Å². The quantitative estimate of drug-likeness (QED) is 0.826. The lowest BCUT2D eigenvalue weighted by Gasteiger charge is -2.17. The number of pyridine rings is 1. The number of esters is 1. The number of alkyl halides is 3. The summed E-state index contributed by atoms with van der Waals surface area (Å²) in [6, 6.07) is 1.65. The Balaban J connectivity index is 2.86. The minimum atomic E-state index is -4.42. The molecule has 1 unspecified atom stereocenters. The first-order valence-electron chi connectivity index (χ1n) is 5.25. The SMILES string of the molecule is COC(=O)C(NCC(F)(F)F)c1ccc(OC)nc1. The highest BCUT2D eigenvalue weighted by molar-refractivity contribution is 5.77. The van der Waals surface area contributed by atoms with E-state index in [9.17, 15) is 18.0 Å². The number of carbonyl (C=O) groups is 1. The molecule has 1 atom stereocenters. The molecule has 0 saturated carbocycles. The molecule has 19 heavy (non-hydrogen) atoms. The second kappa shape index (κ2) is 6.37. The summed E-state index contributed by atoms with van der Waals surface area (Å²) in [5.74, 6) is -0.528. The van der Waals surface area contributed by atoms with Gasteiger partial charge in [0.05, 0.1) is 20.8 Å². The summed E-state index contributed by atoms with van der Waals surface area (Å²) >= 11 is 0. The lowest BCUT2D eigenvalue weighted by atomic mass is 10.1. The highest BCUT2D eigenvalue weighted by Gasteiger charge is 2.31. The predicted octanol–water partition coefficient (Wildman–Crippen LogP) is 1.46. The Hall–Kier alpha value is -1.83. The van der Waals surface area contributed by atoms with E-state index in [4.69, 9.17) is 4.74 Å². The van der Waals surface area contributed by atoms with E-state index in [-0.39, 0.29) is 5.56 Å². The molecule has 0 aromatic carbocycles. The molecular formula is C11H13F3N2O3. The number of halogens is 3. The second-order valence-corrected chi connectivity index (χ2v) is 3.59. The van der Waals surface area contributed by atoms with E-state index in [1.165, 1.54) is 25.4 Å². The van der Waals surface area contributed by atoms with Gasteiger partial charge < -0.3 is 9.47 Å². The molecule has 1 N–H and O–H groups in total. The summed E-state index contributed by atoms with van der Waals surface area (Å²) in [5, 5.41) is 2.08. The van der Waals surface area contributed by atoms with E-state index in [0.717, 1.165) is 7.11 Å². The Labute approximate surface area is 107 Å². The Bertz CT molecular complexity index is 420. The highest BCUT2D eigenvalue weighted by atomic mass is 19.4. The van der Waals surface area contributed by atoms with Gasteiger partial charge in [0.2, 0.25) is 5.88 Å². The maximum Gasteiger partial charge on any atom is 0.401 e. The zero-order valence-electron chi connectivity index (χ0n) is 10.3. The molecule has 0 spiro atoms. The van der Waals surface area contributed by atoms with E-state index >= 15 is 0 Å². The van der Waals surface area contributed by atoms with Crippen molar-refractivity contribution in [2.75, 3.05) is 20.8 Å². The molecule has 5 nitrogen and oxygen atoms in total. The number of hydrogen-bond acceptors (Lipinski definition) is 5. The van der Waals surface area contributed by atoms with Gasteiger partial charge in [-0.15, -0.1) is 0 Å². The number of hydrogen-bond donors (Lipinski definition) is 1. The molecule has 0 aliphatic rings. The highest BCUT2D eigenvalue weighted by Crippen LogP contribution is 2.19. The number of ether oxygens (including phenoxy) is 2. The minimum absolute atomic E-state index is 0.261. The first-order valence-corrected chi connectivity index (χ1v) is 5.25. The maximum absolute atomic E-state index is 12.2. The van der Waals surface area contributed by atoms with Gasteiger partial charge in [0.25, 0.3) is 0 Å². The topological polar surface area (TPSA) is 60.5 Å². The monoisotopic (exact) mass is 278 g/mol. The molecule has 0 saturated heterocycles. The summed E-state index contributed by atoms with van der Waals surface area (Å²) < 4.78 is 45.8. The van der Waals surface area contributed by atoms with Gasteiger partial charge in [0.1, 0.15) is 6.04 Å². The molecular weight excluding hydrogens is 265 g/mol. The van der Waals surface area contributed by atoms with Gasteiger partial charge in [-0.3, -0.25) is 5.32 Å². The molecule has 1 aromatic heterocycles. The van der Waals surface area contributed by atoms with Gasteiger partial charge in [-0.05, 0) is 11.6 Å². The van der Waals surface area contributed by atoms with Crippen molar-refractivity contribution in [2.24, 2.45) is 0 Å². The fourth-order valence-corrected chi connectivity index (χ4v) is 1.36. The summed E-state index contributed by atoms with van der Waals surface area (Å²) in [5.41, 5.74) is 0.261. The van der Waals surface area contributed by atoms with Crippen LogP contribution >= 0.6 is 0 Å². The van der Waals surface area contributed by atoms with Crippen molar-refractivity contribution in [1.29, 1.82) is 0 Å². The lowest BCUT2D eigenvalue weighted by Crippen LogP contribution is -2.36. The molecule has 0 radical (unpaired) electrons. The van der Waals surface area contributed by atoms with E-state index < -0.39 is 24.7 Å². The van der Waals surface area contributed by atoms with E-state index in [1.807, 2.05) is 0 Å². The number of rotatable bonds is 5. The number of carbonyl (C=O) groups excluding carboxylic acids is 1. The van der Waals surface area contributed by atoms with E-state index in [0.29, 0.717) is 5.88 Å². The first-order chi connectivity index (χ1) is 8.87. The molecule has 1 aromatic rings. The van der Waals surface area contributed by atoms with Crippen LogP contribution in [0.5, 0.6) is 5.88 Å². The molecule has 0 aliphatic carbocycles. The smallest absolute Gasteiger partial charge is 0.401 e. The minimum Gasteiger partial charge on any atom is -0.481 e. The summed E-state index contributed by atoms with van der Waals surface area (Å²) in [6.45, 7) is -1.31. The Morgan fingerprint density at radius 2 is 2.11 bits per heavy atom. The predicted molar refractivity (Wildman–Crippen MR) is 59.6 cm³/mol. The molecule has 1 heterocycles. The first kappa shape index (κ1) is 15.2. The van der Waals surface area contributed by atoms with Crippen LogP contribution < -0.4 is 10.1 Å². The zero-order valence-corrected chi connectivity index (χ0v) is 10.3. The largest absolute Gasteiger partial charge is 0.481 e. The average molecular weight is 278 g/mol. The Kier molecular flexibility index (Phi) is 5.11. The molecule has 0 fully saturated rings. The molecule has 1 rings (SSSR count). The fraction of sp³-hybridized carbons (Fsp3) is 0.455. The van der Waals surface area contributed by atoms with Crippen molar-refractivity contribution in [3.05, 3.63) is 23.9 Å². The van der Waals surface area contributed by atoms with Crippen LogP contribution in [-0.4, -0.2) is 37.9 Å². The van der Waals surface area contributed by atoms with Crippen LogP contribution in [0.3, 0.4) is 0 Å². The molecule has 106 valence electrons. The molecule has 0 amide bonds. The summed E-state index contributed by atoms with van der Waals surface area (Å²) in [4.78, 5) is 15.3. The number of nitrogens with one attached hydrogen (secondary N) is 1. The standard InChI is InChI=1S/C11H13F3N2O3/c1-18-8-4-3-7(5-15-8)9(10(17)19-2)16-6-11(12,13)14/h3-5,9,16H,6H2,1-2H3.